The molecule has 0 aliphatic carbocycles. The molecule has 0 aromatic rings. The van der Waals surface area contributed by atoms with E-state index in [9.17, 15) is 0 Å². The second-order valence-electron chi connectivity index (χ2n) is 11.5. The molecule has 1 N–H and O–H groups in total. The molecule has 0 saturated carbocycles. The Morgan fingerprint density at radius 1 is 0.395 bits per heavy atom. The van der Waals surface area contributed by atoms with Gasteiger partial charge in [-0.25, -0.2) is 0 Å². The van der Waals surface area contributed by atoms with Crippen molar-refractivity contribution in [2.75, 3.05) is 46.2 Å². The maximum Gasteiger partial charge on any atom is 0.0701 e. The molecular formula is C34H70O4. The fraction of sp³-hybridized carbons (Fsp3) is 1.00. The zero-order chi connectivity index (χ0) is 27.6. The minimum atomic E-state index is 0.0722. The Morgan fingerprint density at radius 3 is 1.08 bits per heavy atom. The molecule has 0 bridgehead atoms. The third kappa shape index (κ3) is 32.1. The van der Waals surface area contributed by atoms with Gasteiger partial charge in [-0.3, -0.25) is 0 Å². The second kappa shape index (κ2) is 34.9. The minimum absolute atomic E-state index is 0.0722. The lowest BCUT2D eigenvalue weighted by atomic mass is 9.94. The molecule has 0 spiro atoms. The number of aliphatic hydroxyl groups excluding tert-OH is 1. The first-order valence-electron chi connectivity index (χ1n) is 17.2. The lowest BCUT2D eigenvalue weighted by Crippen LogP contribution is -2.15. The Labute approximate surface area is 239 Å². The molecule has 0 saturated heterocycles. The van der Waals surface area contributed by atoms with Gasteiger partial charge in [0.2, 0.25) is 0 Å². The predicted molar refractivity (Wildman–Crippen MR) is 165 cm³/mol. The molecule has 38 heavy (non-hydrogen) atoms. The van der Waals surface area contributed by atoms with Crippen molar-refractivity contribution in [1.82, 2.24) is 0 Å². The third-order valence-corrected chi connectivity index (χ3v) is 7.77. The smallest absolute Gasteiger partial charge is 0.0701 e. The van der Waals surface area contributed by atoms with Crippen molar-refractivity contribution in [3.8, 4) is 0 Å². The SMILES string of the molecule is CCCCCCCCCCCCCCC(CCCCCCCCCCCC)COCCOCCOCCO. The van der Waals surface area contributed by atoms with E-state index in [0.717, 1.165) is 6.61 Å². The molecule has 0 heterocycles. The van der Waals surface area contributed by atoms with Crippen molar-refractivity contribution in [2.24, 2.45) is 5.92 Å². The van der Waals surface area contributed by atoms with E-state index in [1.165, 1.54) is 154 Å². The molecule has 0 radical (unpaired) electrons. The fourth-order valence-electron chi connectivity index (χ4n) is 5.26. The molecule has 4 heteroatoms. The van der Waals surface area contributed by atoms with Crippen LogP contribution >= 0.6 is 0 Å². The van der Waals surface area contributed by atoms with Crippen molar-refractivity contribution in [1.29, 1.82) is 0 Å². The van der Waals surface area contributed by atoms with Gasteiger partial charge in [-0.1, -0.05) is 155 Å². The molecule has 4 nitrogen and oxygen atoms in total. The number of aliphatic hydroxyl groups is 1. The fourth-order valence-corrected chi connectivity index (χ4v) is 5.26. The normalized spacial score (nSPS) is 12.4. The molecule has 0 amide bonds. The molecule has 230 valence electrons. The van der Waals surface area contributed by atoms with Gasteiger partial charge in [-0.15, -0.1) is 0 Å². The number of unbranched alkanes of at least 4 members (excludes halogenated alkanes) is 20. The summed E-state index contributed by atoms with van der Waals surface area (Å²) in [6.07, 6.45) is 33.7. The summed E-state index contributed by atoms with van der Waals surface area (Å²) in [6, 6.07) is 0. The molecule has 0 aromatic heterocycles. The van der Waals surface area contributed by atoms with Gasteiger partial charge in [-0.2, -0.15) is 0 Å². The van der Waals surface area contributed by atoms with Gasteiger partial charge in [0.15, 0.2) is 0 Å². The van der Waals surface area contributed by atoms with Crippen LogP contribution in [0.3, 0.4) is 0 Å². The lowest BCUT2D eigenvalue weighted by molar-refractivity contribution is 0.000475. The molecule has 0 aromatic carbocycles. The standard InChI is InChI=1S/C34H70O4/c1-3-5-7-9-11-13-15-16-18-20-22-24-26-34(33-38-32-31-37-30-29-36-28-27-35)25-23-21-19-17-14-12-10-8-6-4-2/h34-35H,3-33H2,1-2H3. The molecule has 1 atom stereocenters. The summed E-state index contributed by atoms with van der Waals surface area (Å²) in [5, 5.41) is 8.72. The van der Waals surface area contributed by atoms with Crippen LogP contribution in [-0.2, 0) is 14.2 Å². The molecular weight excluding hydrogens is 472 g/mol. The van der Waals surface area contributed by atoms with Crippen LogP contribution in [0.1, 0.15) is 168 Å². The Bertz CT molecular complexity index is 404. The second-order valence-corrected chi connectivity index (χ2v) is 11.5. The maximum absolute atomic E-state index is 8.72. The van der Waals surface area contributed by atoms with Gasteiger partial charge in [-0.05, 0) is 18.8 Å². The van der Waals surface area contributed by atoms with Crippen molar-refractivity contribution in [2.45, 2.75) is 168 Å². The summed E-state index contributed by atoms with van der Waals surface area (Å²) < 4.78 is 16.8. The van der Waals surface area contributed by atoms with Crippen LogP contribution in [-0.4, -0.2) is 51.4 Å². The summed E-state index contributed by atoms with van der Waals surface area (Å²) in [5.41, 5.74) is 0. The van der Waals surface area contributed by atoms with E-state index < -0.39 is 0 Å². The summed E-state index contributed by atoms with van der Waals surface area (Å²) in [4.78, 5) is 0. The van der Waals surface area contributed by atoms with Crippen molar-refractivity contribution < 1.29 is 19.3 Å². The van der Waals surface area contributed by atoms with E-state index in [-0.39, 0.29) is 6.61 Å². The molecule has 0 aliphatic rings. The highest BCUT2D eigenvalue weighted by molar-refractivity contribution is 4.61. The van der Waals surface area contributed by atoms with Gasteiger partial charge in [0.1, 0.15) is 0 Å². The summed E-state index contributed by atoms with van der Waals surface area (Å²) in [5.74, 6) is 0.708. The van der Waals surface area contributed by atoms with Crippen LogP contribution in [0.5, 0.6) is 0 Å². The van der Waals surface area contributed by atoms with Crippen LogP contribution in [0.25, 0.3) is 0 Å². The Morgan fingerprint density at radius 2 is 0.711 bits per heavy atom. The zero-order valence-electron chi connectivity index (χ0n) is 26.2. The largest absolute Gasteiger partial charge is 0.394 e. The quantitative estimate of drug-likeness (QED) is 0.0822. The first-order chi connectivity index (χ1) is 18.8. The average Bonchev–Trinajstić information content (AvgIpc) is 2.93. The third-order valence-electron chi connectivity index (χ3n) is 7.77. The molecule has 1 unspecified atom stereocenters. The monoisotopic (exact) mass is 543 g/mol. The van der Waals surface area contributed by atoms with E-state index in [0.29, 0.717) is 39.0 Å². The number of ether oxygens (including phenoxy) is 3. The Balaban J connectivity index is 3.86. The van der Waals surface area contributed by atoms with Crippen molar-refractivity contribution >= 4 is 0 Å². The van der Waals surface area contributed by atoms with Crippen molar-refractivity contribution in [3.63, 3.8) is 0 Å². The van der Waals surface area contributed by atoms with E-state index in [4.69, 9.17) is 19.3 Å². The van der Waals surface area contributed by atoms with E-state index in [1.807, 2.05) is 0 Å². The van der Waals surface area contributed by atoms with Crippen LogP contribution in [0, 0.1) is 5.92 Å². The highest BCUT2D eigenvalue weighted by Crippen LogP contribution is 2.20. The highest BCUT2D eigenvalue weighted by Gasteiger charge is 2.09. The Kier molecular flexibility index (Phi) is 34.7. The number of hydrogen-bond donors (Lipinski definition) is 1. The molecule has 0 fully saturated rings. The van der Waals surface area contributed by atoms with Gasteiger partial charge in [0.05, 0.1) is 39.6 Å². The number of hydrogen-bond acceptors (Lipinski definition) is 4. The summed E-state index contributed by atoms with van der Waals surface area (Å²) >= 11 is 0. The van der Waals surface area contributed by atoms with E-state index in [1.54, 1.807) is 0 Å². The maximum atomic E-state index is 8.72. The first kappa shape index (κ1) is 37.8. The van der Waals surface area contributed by atoms with Crippen LogP contribution < -0.4 is 0 Å². The zero-order valence-corrected chi connectivity index (χ0v) is 26.2. The average molecular weight is 543 g/mol. The summed E-state index contributed by atoms with van der Waals surface area (Å²) in [6.45, 7) is 8.36. The Hall–Kier alpha value is -0.160. The highest BCUT2D eigenvalue weighted by atomic mass is 16.5. The number of rotatable bonds is 34. The van der Waals surface area contributed by atoms with Crippen LogP contribution in [0.15, 0.2) is 0 Å². The van der Waals surface area contributed by atoms with Crippen LogP contribution in [0.4, 0.5) is 0 Å². The minimum Gasteiger partial charge on any atom is -0.394 e. The molecule has 0 aliphatic heterocycles. The van der Waals surface area contributed by atoms with Gasteiger partial charge >= 0.3 is 0 Å². The first-order valence-corrected chi connectivity index (χ1v) is 17.2. The molecule has 0 rings (SSSR count). The van der Waals surface area contributed by atoms with Crippen LogP contribution in [0.2, 0.25) is 0 Å². The van der Waals surface area contributed by atoms with E-state index >= 15 is 0 Å². The van der Waals surface area contributed by atoms with E-state index in [2.05, 4.69) is 13.8 Å². The topological polar surface area (TPSA) is 47.9 Å². The van der Waals surface area contributed by atoms with Crippen molar-refractivity contribution in [3.05, 3.63) is 0 Å². The van der Waals surface area contributed by atoms with Gasteiger partial charge < -0.3 is 19.3 Å². The predicted octanol–water partition coefficient (Wildman–Crippen LogP) is 10.0. The van der Waals surface area contributed by atoms with Gasteiger partial charge in [0.25, 0.3) is 0 Å². The summed E-state index contributed by atoms with van der Waals surface area (Å²) in [7, 11) is 0. The van der Waals surface area contributed by atoms with Gasteiger partial charge in [0, 0.05) is 6.61 Å². The lowest BCUT2D eigenvalue weighted by Gasteiger charge is -2.17.